The molecule has 2 rings (SSSR count). The van der Waals surface area contributed by atoms with Gasteiger partial charge in [0.2, 0.25) is 0 Å². The summed E-state index contributed by atoms with van der Waals surface area (Å²) in [6, 6.07) is 7.30. The minimum absolute atomic E-state index is 0.0568. The summed E-state index contributed by atoms with van der Waals surface area (Å²) in [6.07, 6.45) is 3.24. The molecule has 0 aromatic heterocycles. The summed E-state index contributed by atoms with van der Waals surface area (Å²) in [5.74, 6) is 0.673. The molecule has 1 amide bonds. The van der Waals surface area contributed by atoms with Crippen LogP contribution in [0, 0.1) is 0 Å². The number of carbonyl (C=O) groups excluding carboxylic acids is 1. The molecule has 1 aromatic carbocycles. The zero-order valence-electron chi connectivity index (χ0n) is 12.1. The topological polar surface area (TPSA) is 50.4 Å². The first-order valence-corrected chi connectivity index (χ1v) is 7.08. The first-order chi connectivity index (χ1) is 9.65. The van der Waals surface area contributed by atoms with Gasteiger partial charge in [-0.25, -0.2) is 0 Å². The molecule has 0 bridgehead atoms. The summed E-state index contributed by atoms with van der Waals surface area (Å²) >= 11 is 0. The Labute approximate surface area is 120 Å². The Kier molecular flexibility index (Phi) is 5.18. The van der Waals surface area contributed by atoms with Crippen LogP contribution in [0.2, 0.25) is 0 Å². The SMILES string of the molecule is CC(C)Oc1cccc(C(=O)NCC2=CCNCC2)c1. The van der Waals surface area contributed by atoms with E-state index in [-0.39, 0.29) is 12.0 Å². The third-order valence-corrected chi connectivity index (χ3v) is 3.10. The van der Waals surface area contributed by atoms with Crippen molar-refractivity contribution in [1.82, 2.24) is 10.6 Å². The molecule has 0 radical (unpaired) electrons. The highest BCUT2D eigenvalue weighted by atomic mass is 16.5. The van der Waals surface area contributed by atoms with Crippen LogP contribution in [0.25, 0.3) is 0 Å². The van der Waals surface area contributed by atoms with Gasteiger partial charge in [-0.05, 0) is 45.0 Å². The Morgan fingerprint density at radius 2 is 2.30 bits per heavy atom. The first kappa shape index (κ1) is 14.6. The lowest BCUT2D eigenvalue weighted by Gasteiger charge is -2.15. The summed E-state index contributed by atoms with van der Waals surface area (Å²) in [6.45, 7) is 6.44. The zero-order chi connectivity index (χ0) is 14.4. The molecule has 1 heterocycles. The summed E-state index contributed by atoms with van der Waals surface area (Å²) < 4.78 is 5.60. The number of amides is 1. The number of rotatable bonds is 5. The van der Waals surface area contributed by atoms with Crippen molar-refractivity contribution in [2.75, 3.05) is 19.6 Å². The summed E-state index contributed by atoms with van der Waals surface area (Å²) in [4.78, 5) is 12.1. The van der Waals surface area contributed by atoms with E-state index in [9.17, 15) is 4.79 Å². The molecule has 1 aliphatic heterocycles. The molecule has 108 valence electrons. The van der Waals surface area contributed by atoms with Gasteiger partial charge in [0.05, 0.1) is 6.10 Å². The molecule has 20 heavy (non-hydrogen) atoms. The lowest BCUT2D eigenvalue weighted by Crippen LogP contribution is -2.29. The van der Waals surface area contributed by atoms with Crippen molar-refractivity contribution < 1.29 is 9.53 Å². The maximum absolute atomic E-state index is 12.1. The lowest BCUT2D eigenvalue weighted by atomic mass is 10.1. The molecular formula is C16H22N2O2. The number of hydrogen-bond donors (Lipinski definition) is 2. The summed E-state index contributed by atoms with van der Waals surface area (Å²) in [5.41, 5.74) is 1.92. The van der Waals surface area contributed by atoms with E-state index in [2.05, 4.69) is 16.7 Å². The monoisotopic (exact) mass is 274 g/mol. The Hall–Kier alpha value is -1.81. The van der Waals surface area contributed by atoms with Crippen molar-refractivity contribution >= 4 is 5.91 Å². The molecule has 0 spiro atoms. The van der Waals surface area contributed by atoms with Gasteiger partial charge in [-0.15, -0.1) is 0 Å². The van der Waals surface area contributed by atoms with Crippen LogP contribution >= 0.6 is 0 Å². The molecule has 0 aliphatic carbocycles. The van der Waals surface area contributed by atoms with Crippen LogP contribution in [0.3, 0.4) is 0 Å². The van der Waals surface area contributed by atoms with Gasteiger partial charge in [-0.1, -0.05) is 17.7 Å². The van der Waals surface area contributed by atoms with Crippen LogP contribution in [0.4, 0.5) is 0 Å². The Bertz CT molecular complexity index is 495. The van der Waals surface area contributed by atoms with E-state index in [0.29, 0.717) is 12.1 Å². The predicted molar refractivity (Wildman–Crippen MR) is 80.1 cm³/mol. The normalized spacial score (nSPS) is 14.8. The van der Waals surface area contributed by atoms with E-state index in [1.807, 2.05) is 26.0 Å². The molecule has 1 aromatic rings. The standard InChI is InChI=1S/C16H22N2O2/c1-12(2)20-15-5-3-4-14(10-15)16(19)18-11-13-6-8-17-9-7-13/h3-6,10,12,17H,7-9,11H2,1-2H3,(H,18,19). The molecule has 0 unspecified atom stereocenters. The molecule has 1 aliphatic rings. The maximum atomic E-state index is 12.1. The van der Waals surface area contributed by atoms with Crippen LogP contribution in [-0.4, -0.2) is 31.6 Å². The minimum atomic E-state index is -0.0568. The van der Waals surface area contributed by atoms with E-state index < -0.39 is 0 Å². The van der Waals surface area contributed by atoms with E-state index in [0.717, 1.165) is 25.3 Å². The van der Waals surface area contributed by atoms with Gasteiger partial charge >= 0.3 is 0 Å². The highest BCUT2D eigenvalue weighted by Gasteiger charge is 2.09. The third kappa shape index (κ3) is 4.38. The fraction of sp³-hybridized carbons (Fsp3) is 0.438. The molecule has 4 heteroatoms. The zero-order valence-corrected chi connectivity index (χ0v) is 12.1. The Morgan fingerprint density at radius 3 is 3.00 bits per heavy atom. The second-order valence-electron chi connectivity index (χ2n) is 5.19. The van der Waals surface area contributed by atoms with Crippen molar-refractivity contribution in [3.05, 3.63) is 41.5 Å². The molecule has 0 fully saturated rings. The van der Waals surface area contributed by atoms with Gasteiger partial charge in [0.15, 0.2) is 0 Å². The second-order valence-corrected chi connectivity index (χ2v) is 5.19. The maximum Gasteiger partial charge on any atom is 0.251 e. The summed E-state index contributed by atoms with van der Waals surface area (Å²) in [7, 11) is 0. The van der Waals surface area contributed by atoms with Crippen molar-refractivity contribution in [2.45, 2.75) is 26.4 Å². The smallest absolute Gasteiger partial charge is 0.251 e. The van der Waals surface area contributed by atoms with Gasteiger partial charge in [-0.3, -0.25) is 4.79 Å². The quantitative estimate of drug-likeness (QED) is 0.809. The van der Waals surface area contributed by atoms with E-state index in [1.54, 1.807) is 12.1 Å². The van der Waals surface area contributed by atoms with Gasteiger partial charge < -0.3 is 15.4 Å². The number of hydrogen-bond acceptors (Lipinski definition) is 3. The van der Waals surface area contributed by atoms with Crippen molar-refractivity contribution in [3.8, 4) is 5.75 Å². The summed E-state index contributed by atoms with van der Waals surface area (Å²) in [5, 5.41) is 6.21. The minimum Gasteiger partial charge on any atom is -0.491 e. The molecular weight excluding hydrogens is 252 g/mol. The predicted octanol–water partition coefficient (Wildman–Crippen LogP) is 2.12. The number of ether oxygens (including phenoxy) is 1. The third-order valence-electron chi connectivity index (χ3n) is 3.10. The van der Waals surface area contributed by atoms with Crippen LogP contribution < -0.4 is 15.4 Å². The van der Waals surface area contributed by atoms with Gasteiger partial charge in [0, 0.05) is 18.7 Å². The highest BCUT2D eigenvalue weighted by Crippen LogP contribution is 2.15. The lowest BCUT2D eigenvalue weighted by molar-refractivity contribution is 0.0956. The van der Waals surface area contributed by atoms with E-state index in [1.165, 1.54) is 5.57 Å². The van der Waals surface area contributed by atoms with Crippen LogP contribution in [0.15, 0.2) is 35.9 Å². The highest BCUT2D eigenvalue weighted by molar-refractivity contribution is 5.94. The van der Waals surface area contributed by atoms with E-state index in [4.69, 9.17) is 4.74 Å². The average Bonchev–Trinajstić information content (AvgIpc) is 2.45. The van der Waals surface area contributed by atoms with Crippen molar-refractivity contribution in [3.63, 3.8) is 0 Å². The Morgan fingerprint density at radius 1 is 1.45 bits per heavy atom. The molecule has 0 saturated heterocycles. The average molecular weight is 274 g/mol. The van der Waals surface area contributed by atoms with Gasteiger partial charge in [0.25, 0.3) is 5.91 Å². The van der Waals surface area contributed by atoms with Crippen LogP contribution in [0.1, 0.15) is 30.6 Å². The van der Waals surface area contributed by atoms with Crippen molar-refractivity contribution in [1.29, 1.82) is 0 Å². The van der Waals surface area contributed by atoms with Crippen LogP contribution in [-0.2, 0) is 0 Å². The fourth-order valence-corrected chi connectivity index (χ4v) is 2.11. The Balaban J connectivity index is 1.93. The largest absolute Gasteiger partial charge is 0.491 e. The number of nitrogens with one attached hydrogen (secondary N) is 2. The number of carbonyl (C=O) groups is 1. The first-order valence-electron chi connectivity index (χ1n) is 7.08. The van der Waals surface area contributed by atoms with Gasteiger partial charge in [0.1, 0.15) is 5.75 Å². The van der Waals surface area contributed by atoms with Crippen LogP contribution in [0.5, 0.6) is 5.75 Å². The molecule has 4 nitrogen and oxygen atoms in total. The van der Waals surface area contributed by atoms with E-state index >= 15 is 0 Å². The molecule has 0 saturated carbocycles. The second kappa shape index (κ2) is 7.10. The molecule has 0 atom stereocenters. The molecule has 2 N–H and O–H groups in total. The van der Waals surface area contributed by atoms with Crippen molar-refractivity contribution in [2.24, 2.45) is 0 Å². The fourth-order valence-electron chi connectivity index (χ4n) is 2.11. The number of benzene rings is 1. The van der Waals surface area contributed by atoms with Gasteiger partial charge in [-0.2, -0.15) is 0 Å².